The largest absolute Gasteiger partial charge is 0.496 e. The molecule has 0 spiro atoms. The summed E-state index contributed by atoms with van der Waals surface area (Å²) >= 11 is 0. The SMILES string of the molecule is COc1ccccc1CCNC(=O)c1cccc(C(=O)NC2CCCCCC2)c1. The quantitative estimate of drug-likeness (QED) is 0.694. The number of amides is 2. The van der Waals surface area contributed by atoms with Gasteiger partial charge in [0.25, 0.3) is 11.8 Å². The van der Waals surface area contributed by atoms with Crippen molar-refractivity contribution in [2.45, 2.75) is 51.0 Å². The van der Waals surface area contributed by atoms with Crippen LogP contribution < -0.4 is 15.4 Å². The molecule has 1 aliphatic carbocycles. The molecule has 3 rings (SSSR count). The predicted molar refractivity (Wildman–Crippen MR) is 114 cm³/mol. The lowest BCUT2D eigenvalue weighted by atomic mass is 10.1. The third kappa shape index (κ3) is 6.08. The van der Waals surface area contributed by atoms with Crippen molar-refractivity contribution >= 4 is 11.8 Å². The van der Waals surface area contributed by atoms with E-state index in [4.69, 9.17) is 4.74 Å². The van der Waals surface area contributed by atoms with Gasteiger partial charge >= 0.3 is 0 Å². The Morgan fingerprint density at radius 2 is 1.62 bits per heavy atom. The number of methoxy groups -OCH3 is 1. The van der Waals surface area contributed by atoms with E-state index in [0.717, 1.165) is 24.2 Å². The molecule has 1 aliphatic rings. The maximum atomic E-state index is 12.6. The third-order valence-electron chi connectivity index (χ3n) is 5.45. The Balaban J connectivity index is 1.55. The summed E-state index contributed by atoms with van der Waals surface area (Å²) in [4.78, 5) is 25.1. The van der Waals surface area contributed by atoms with Gasteiger partial charge in [-0.2, -0.15) is 0 Å². The minimum absolute atomic E-state index is 0.0967. The normalized spacial score (nSPS) is 14.7. The number of nitrogens with one attached hydrogen (secondary N) is 2. The number of ether oxygens (including phenoxy) is 1. The Morgan fingerprint density at radius 3 is 2.34 bits per heavy atom. The van der Waals surface area contributed by atoms with Crippen molar-refractivity contribution in [2.24, 2.45) is 0 Å². The lowest BCUT2D eigenvalue weighted by Crippen LogP contribution is -2.34. The summed E-state index contributed by atoms with van der Waals surface area (Å²) in [7, 11) is 1.64. The molecule has 0 aliphatic heterocycles. The Bertz CT molecular complexity index is 826. The number of hydrogen-bond acceptors (Lipinski definition) is 3. The highest BCUT2D eigenvalue weighted by Gasteiger charge is 2.17. The predicted octanol–water partition coefficient (Wildman–Crippen LogP) is 4.12. The second kappa shape index (κ2) is 10.6. The van der Waals surface area contributed by atoms with Crippen LogP contribution >= 0.6 is 0 Å². The monoisotopic (exact) mass is 394 g/mol. The van der Waals surface area contributed by atoms with Crippen LogP contribution in [0.4, 0.5) is 0 Å². The van der Waals surface area contributed by atoms with Crippen LogP contribution in [0.1, 0.15) is 64.8 Å². The second-order valence-corrected chi connectivity index (χ2v) is 7.56. The van der Waals surface area contributed by atoms with Gasteiger partial charge in [0.1, 0.15) is 5.75 Å². The lowest BCUT2D eigenvalue weighted by Gasteiger charge is -2.16. The van der Waals surface area contributed by atoms with Crippen LogP contribution in [0, 0.1) is 0 Å². The molecule has 2 aromatic rings. The standard InChI is InChI=1S/C24H30N2O3/c1-29-22-14-7-6-9-18(22)15-16-25-23(27)19-10-8-11-20(17-19)24(28)26-21-12-4-2-3-5-13-21/h6-11,14,17,21H,2-5,12-13,15-16H2,1H3,(H,25,27)(H,26,28). The number of carbonyl (C=O) groups excluding carboxylic acids is 2. The van der Waals surface area contributed by atoms with Crippen LogP contribution in [0.3, 0.4) is 0 Å². The summed E-state index contributed by atoms with van der Waals surface area (Å²) in [5, 5.41) is 6.06. The number of hydrogen-bond donors (Lipinski definition) is 2. The van der Waals surface area contributed by atoms with Crippen molar-refractivity contribution in [3.05, 3.63) is 65.2 Å². The molecule has 5 nitrogen and oxygen atoms in total. The van der Waals surface area contributed by atoms with Crippen molar-refractivity contribution in [3.63, 3.8) is 0 Å². The molecule has 29 heavy (non-hydrogen) atoms. The number of benzene rings is 2. The Kier molecular flexibility index (Phi) is 7.68. The van der Waals surface area contributed by atoms with E-state index in [-0.39, 0.29) is 17.9 Å². The molecule has 2 amide bonds. The molecule has 1 saturated carbocycles. The molecule has 0 radical (unpaired) electrons. The summed E-state index contributed by atoms with van der Waals surface area (Å²) in [6.45, 7) is 0.498. The highest BCUT2D eigenvalue weighted by molar-refractivity contribution is 5.99. The van der Waals surface area contributed by atoms with Crippen LogP contribution in [0.5, 0.6) is 5.75 Å². The molecule has 0 bridgehead atoms. The van der Waals surface area contributed by atoms with E-state index in [2.05, 4.69) is 10.6 Å². The molecule has 5 heteroatoms. The fraction of sp³-hybridized carbons (Fsp3) is 0.417. The first-order valence-electron chi connectivity index (χ1n) is 10.5. The molecule has 0 saturated heterocycles. The molecule has 154 valence electrons. The molecule has 0 unspecified atom stereocenters. The van der Waals surface area contributed by atoms with Gasteiger partial charge in [-0.3, -0.25) is 9.59 Å². The van der Waals surface area contributed by atoms with Crippen molar-refractivity contribution in [1.29, 1.82) is 0 Å². The van der Waals surface area contributed by atoms with Crippen LogP contribution in [-0.4, -0.2) is 31.5 Å². The zero-order valence-electron chi connectivity index (χ0n) is 17.1. The first kappa shape index (κ1) is 20.9. The van der Waals surface area contributed by atoms with Gasteiger partial charge in [0.05, 0.1) is 7.11 Å². The highest BCUT2D eigenvalue weighted by Crippen LogP contribution is 2.18. The summed E-state index contributed by atoms with van der Waals surface area (Å²) < 4.78 is 5.34. The van der Waals surface area contributed by atoms with Gasteiger partial charge in [-0.05, 0) is 49.1 Å². The van der Waals surface area contributed by atoms with E-state index in [0.29, 0.717) is 24.1 Å². The van der Waals surface area contributed by atoms with E-state index >= 15 is 0 Å². The number of carbonyl (C=O) groups is 2. The van der Waals surface area contributed by atoms with Gasteiger partial charge in [-0.15, -0.1) is 0 Å². The van der Waals surface area contributed by atoms with Gasteiger partial charge in [-0.1, -0.05) is 49.9 Å². The van der Waals surface area contributed by atoms with Gasteiger partial charge in [0, 0.05) is 23.7 Å². The highest BCUT2D eigenvalue weighted by atomic mass is 16.5. The fourth-order valence-electron chi connectivity index (χ4n) is 3.82. The Morgan fingerprint density at radius 1 is 0.931 bits per heavy atom. The van der Waals surface area contributed by atoms with E-state index in [1.807, 2.05) is 24.3 Å². The molecule has 2 aromatic carbocycles. The van der Waals surface area contributed by atoms with E-state index < -0.39 is 0 Å². The molecule has 0 atom stereocenters. The van der Waals surface area contributed by atoms with Gasteiger partial charge in [0.15, 0.2) is 0 Å². The summed E-state index contributed by atoms with van der Waals surface area (Å²) in [6, 6.07) is 14.9. The minimum Gasteiger partial charge on any atom is -0.496 e. The minimum atomic E-state index is -0.177. The molecule has 2 N–H and O–H groups in total. The van der Waals surface area contributed by atoms with Crippen molar-refractivity contribution in [3.8, 4) is 5.75 Å². The smallest absolute Gasteiger partial charge is 0.251 e. The van der Waals surface area contributed by atoms with Gasteiger partial charge in [0.2, 0.25) is 0 Å². The van der Waals surface area contributed by atoms with Crippen LogP contribution in [0.2, 0.25) is 0 Å². The van der Waals surface area contributed by atoms with Crippen molar-refractivity contribution < 1.29 is 14.3 Å². The molecular formula is C24H30N2O3. The third-order valence-corrected chi connectivity index (χ3v) is 5.45. The molecule has 0 heterocycles. The first-order chi connectivity index (χ1) is 14.2. The van der Waals surface area contributed by atoms with E-state index in [1.165, 1.54) is 25.7 Å². The second-order valence-electron chi connectivity index (χ2n) is 7.56. The zero-order chi connectivity index (χ0) is 20.5. The van der Waals surface area contributed by atoms with E-state index in [9.17, 15) is 9.59 Å². The molecular weight excluding hydrogens is 364 g/mol. The number of para-hydroxylation sites is 1. The van der Waals surface area contributed by atoms with Crippen LogP contribution in [0.15, 0.2) is 48.5 Å². The van der Waals surface area contributed by atoms with E-state index in [1.54, 1.807) is 31.4 Å². The lowest BCUT2D eigenvalue weighted by molar-refractivity contribution is 0.0933. The van der Waals surface area contributed by atoms with Gasteiger partial charge < -0.3 is 15.4 Å². The average molecular weight is 395 g/mol. The Hall–Kier alpha value is -2.82. The van der Waals surface area contributed by atoms with Crippen molar-refractivity contribution in [1.82, 2.24) is 10.6 Å². The maximum Gasteiger partial charge on any atom is 0.251 e. The topological polar surface area (TPSA) is 67.4 Å². The number of rotatable bonds is 7. The maximum absolute atomic E-state index is 12.6. The van der Waals surface area contributed by atoms with Crippen LogP contribution in [-0.2, 0) is 6.42 Å². The molecule has 1 fully saturated rings. The summed E-state index contributed by atoms with van der Waals surface area (Å²) in [6.07, 6.45) is 7.58. The van der Waals surface area contributed by atoms with Crippen molar-refractivity contribution in [2.75, 3.05) is 13.7 Å². The van der Waals surface area contributed by atoms with Crippen LogP contribution in [0.25, 0.3) is 0 Å². The first-order valence-corrected chi connectivity index (χ1v) is 10.5. The molecule has 0 aromatic heterocycles. The van der Waals surface area contributed by atoms with Gasteiger partial charge in [-0.25, -0.2) is 0 Å². The Labute approximate surface area is 172 Å². The zero-order valence-corrected chi connectivity index (χ0v) is 17.1. The fourth-order valence-corrected chi connectivity index (χ4v) is 3.82. The summed E-state index contributed by atoms with van der Waals surface area (Å²) in [5.41, 5.74) is 2.08. The summed E-state index contributed by atoms with van der Waals surface area (Å²) in [5.74, 6) is 0.545. The average Bonchev–Trinajstić information content (AvgIpc) is 3.02.